The van der Waals surface area contributed by atoms with Crippen molar-refractivity contribution in [3.63, 3.8) is 0 Å². The summed E-state index contributed by atoms with van der Waals surface area (Å²) in [5, 5.41) is 8.81. The Morgan fingerprint density at radius 2 is 2.11 bits per heavy atom. The van der Waals surface area contributed by atoms with Crippen LogP contribution in [0, 0.1) is 0 Å². The van der Waals surface area contributed by atoms with Crippen molar-refractivity contribution in [1.29, 1.82) is 0 Å². The van der Waals surface area contributed by atoms with Crippen molar-refractivity contribution in [2.24, 2.45) is 0 Å². The van der Waals surface area contributed by atoms with Crippen molar-refractivity contribution in [3.05, 3.63) is 18.2 Å². The molecule has 0 aliphatic heterocycles. The predicted octanol–water partition coefficient (Wildman–Crippen LogP) is 0.670. The Labute approximate surface area is 113 Å². The van der Waals surface area contributed by atoms with Crippen molar-refractivity contribution < 1.29 is 18.3 Å². The topological polar surface area (TPSA) is 92.9 Å². The molecule has 0 bridgehead atoms. The third kappa shape index (κ3) is 3.59. The van der Waals surface area contributed by atoms with Crippen LogP contribution in [0.3, 0.4) is 0 Å². The van der Waals surface area contributed by atoms with Gasteiger partial charge in [-0.2, -0.15) is 4.31 Å². The molecular weight excluding hydrogens is 268 g/mol. The van der Waals surface area contributed by atoms with Crippen molar-refractivity contribution in [3.8, 4) is 5.75 Å². The lowest BCUT2D eigenvalue weighted by atomic mass is 10.3. The lowest BCUT2D eigenvalue weighted by Crippen LogP contribution is -2.32. The lowest BCUT2D eigenvalue weighted by Gasteiger charge is -2.21. The van der Waals surface area contributed by atoms with Crippen molar-refractivity contribution in [2.75, 3.05) is 32.5 Å². The zero-order valence-electron chi connectivity index (χ0n) is 11.2. The summed E-state index contributed by atoms with van der Waals surface area (Å²) in [4.78, 5) is 0.0630. The summed E-state index contributed by atoms with van der Waals surface area (Å²) >= 11 is 0. The Morgan fingerprint density at radius 1 is 1.42 bits per heavy atom. The van der Waals surface area contributed by atoms with Crippen LogP contribution in [0.2, 0.25) is 0 Å². The van der Waals surface area contributed by atoms with Crippen LogP contribution in [0.5, 0.6) is 5.75 Å². The van der Waals surface area contributed by atoms with Crippen molar-refractivity contribution in [1.82, 2.24) is 4.31 Å². The fraction of sp³-hybridized carbons (Fsp3) is 0.500. The molecule has 0 fully saturated rings. The first kappa shape index (κ1) is 15.7. The summed E-state index contributed by atoms with van der Waals surface area (Å²) in [6.45, 7) is 2.29. The second-order valence-corrected chi connectivity index (χ2v) is 5.88. The molecule has 7 heteroatoms. The molecule has 19 heavy (non-hydrogen) atoms. The van der Waals surface area contributed by atoms with E-state index in [1.807, 2.05) is 0 Å². The van der Waals surface area contributed by atoms with Gasteiger partial charge in [-0.25, -0.2) is 8.42 Å². The number of nitrogen functional groups attached to an aromatic ring is 1. The van der Waals surface area contributed by atoms with Crippen LogP contribution < -0.4 is 10.5 Å². The number of nitrogens with two attached hydrogens (primary N) is 1. The molecule has 1 aromatic carbocycles. The summed E-state index contributed by atoms with van der Waals surface area (Å²) in [6.07, 6.45) is 0.392. The Hall–Kier alpha value is -1.31. The van der Waals surface area contributed by atoms with Gasteiger partial charge in [0.05, 0.1) is 12.8 Å². The highest BCUT2D eigenvalue weighted by atomic mass is 32.2. The molecule has 0 saturated carbocycles. The van der Waals surface area contributed by atoms with Gasteiger partial charge in [-0.05, 0) is 18.6 Å². The SMILES string of the molecule is CCN(CCCO)S(=O)(=O)c1ccc(OC)cc1N. The first-order valence-electron chi connectivity index (χ1n) is 6.01. The van der Waals surface area contributed by atoms with Crippen LogP contribution in [0.25, 0.3) is 0 Å². The number of aliphatic hydroxyl groups is 1. The minimum absolute atomic E-state index is 0.0515. The van der Waals surface area contributed by atoms with E-state index in [4.69, 9.17) is 15.6 Å². The van der Waals surface area contributed by atoms with E-state index in [-0.39, 0.29) is 23.7 Å². The standard InChI is InChI=1S/C12H20N2O4S/c1-3-14(7-4-8-15)19(16,17)12-6-5-10(18-2)9-11(12)13/h5-6,9,15H,3-4,7-8,13H2,1-2H3. The van der Waals surface area contributed by atoms with E-state index in [0.29, 0.717) is 18.7 Å². The molecule has 108 valence electrons. The third-order valence-corrected chi connectivity index (χ3v) is 4.80. The number of hydrogen-bond acceptors (Lipinski definition) is 5. The monoisotopic (exact) mass is 288 g/mol. The Balaban J connectivity index is 3.11. The van der Waals surface area contributed by atoms with Gasteiger partial charge >= 0.3 is 0 Å². The van der Waals surface area contributed by atoms with Gasteiger partial charge in [-0.15, -0.1) is 0 Å². The second-order valence-electron chi connectivity index (χ2n) is 3.98. The number of rotatable bonds is 7. The minimum atomic E-state index is -3.64. The normalized spacial score (nSPS) is 11.8. The maximum Gasteiger partial charge on any atom is 0.245 e. The average Bonchev–Trinajstić information content (AvgIpc) is 2.38. The summed E-state index contributed by atoms with van der Waals surface area (Å²) in [6, 6.07) is 4.47. The highest BCUT2D eigenvalue weighted by Crippen LogP contribution is 2.26. The number of ether oxygens (including phenoxy) is 1. The van der Waals surface area contributed by atoms with Crippen LogP contribution in [-0.4, -0.2) is 44.6 Å². The van der Waals surface area contributed by atoms with Crippen LogP contribution in [-0.2, 0) is 10.0 Å². The first-order chi connectivity index (χ1) is 8.97. The van der Waals surface area contributed by atoms with Gasteiger partial charge in [0.25, 0.3) is 0 Å². The second kappa shape index (κ2) is 6.74. The number of sulfonamides is 1. The van der Waals surface area contributed by atoms with Crippen molar-refractivity contribution in [2.45, 2.75) is 18.2 Å². The molecule has 0 aromatic heterocycles. The van der Waals surface area contributed by atoms with E-state index in [1.165, 1.54) is 23.5 Å². The molecule has 0 heterocycles. The number of aliphatic hydroxyl groups excluding tert-OH is 1. The molecule has 6 nitrogen and oxygen atoms in total. The average molecular weight is 288 g/mol. The fourth-order valence-corrected chi connectivity index (χ4v) is 3.31. The first-order valence-corrected chi connectivity index (χ1v) is 7.45. The zero-order valence-corrected chi connectivity index (χ0v) is 12.0. The molecular formula is C12H20N2O4S. The summed E-state index contributed by atoms with van der Waals surface area (Å²) in [7, 11) is -2.15. The minimum Gasteiger partial charge on any atom is -0.497 e. The molecule has 1 rings (SSSR count). The molecule has 3 N–H and O–H groups in total. The van der Waals surface area contributed by atoms with E-state index >= 15 is 0 Å². The molecule has 0 aliphatic rings. The number of anilines is 1. The van der Waals surface area contributed by atoms with Crippen molar-refractivity contribution >= 4 is 15.7 Å². The molecule has 0 amide bonds. The van der Waals surface area contributed by atoms with Gasteiger partial charge in [0.15, 0.2) is 0 Å². The number of nitrogens with zero attached hydrogens (tertiary/aromatic N) is 1. The van der Waals surface area contributed by atoms with Gasteiger partial charge in [0.2, 0.25) is 10.0 Å². The summed E-state index contributed by atoms with van der Waals surface area (Å²) in [5.41, 5.74) is 5.92. The van der Waals surface area contributed by atoms with E-state index < -0.39 is 10.0 Å². The number of methoxy groups -OCH3 is 1. The Kier molecular flexibility index (Phi) is 5.59. The van der Waals surface area contributed by atoms with Crippen LogP contribution in [0.1, 0.15) is 13.3 Å². The fourth-order valence-electron chi connectivity index (χ4n) is 1.72. The maximum absolute atomic E-state index is 12.4. The molecule has 1 aromatic rings. The molecule has 0 saturated heterocycles. The Morgan fingerprint density at radius 3 is 2.58 bits per heavy atom. The molecule has 0 unspecified atom stereocenters. The van der Waals surface area contributed by atoms with Gasteiger partial charge in [-0.1, -0.05) is 6.92 Å². The van der Waals surface area contributed by atoms with Crippen LogP contribution >= 0.6 is 0 Å². The highest BCUT2D eigenvalue weighted by Gasteiger charge is 2.25. The lowest BCUT2D eigenvalue weighted by molar-refractivity contribution is 0.271. The van der Waals surface area contributed by atoms with Gasteiger partial charge in [-0.3, -0.25) is 0 Å². The van der Waals surface area contributed by atoms with Gasteiger partial charge in [0.1, 0.15) is 10.6 Å². The van der Waals surface area contributed by atoms with E-state index in [9.17, 15) is 8.42 Å². The maximum atomic E-state index is 12.4. The van der Waals surface area contributed by atoms with E-state index in [2.05, 4.69) is 0 Å². The summed E-state index contributed by atoms with van der Waals surface area (Å²) in [5.74, 6) is 0.509. The quantitative estimate of drug-likeness (QED) is 0.719. The van der Waals surface area contributed by atoms with E-state index in [0.717, 1.165) is 0 Å². The zero-order chi connectivity index (χ0) is 14.5. The highest BCUT2D eigenvalue weighted by molar-refractivity contribution is 7.89. The molecule has 0 radical (unpaired) electrons. The molecule has 0 spiro atoms. The summed E-state index contributed by atoms with van der Waals surface area (Å²) < 4.78 is 31.1. The van der Waals surface area contributed by atoms with Crippen LogP contribution in [0.4, 0.5) is 5.69 Å². The number of hydrogen-bond donors (Lipinski definition) is 2. The largest absolute Gasteiger partial charge is 0.497 e. The molecule has 0 atom stereocenters. The van der Waals surface area contributed by atoms with Crippen LogP contribution in [0.15, 0.2) is 23.1 Å². The Bertz CT molecular complexity index is 516. The smallest absolute Gasteiger partial charge is 0.245 e. The van der Waals surface area contributed by atoms with Gasteiger partial charge < -0.3 is 15.6 Å². The van der Waals surface area contributed by atoms with E-state index in [1.54, 1.807) is 13.0 Å². The third-order valence-electron chi connectivity index (χ3n) is 2.75. The molecule has 0 aliphatic carbocycles. The predicted molar refractivity (Wildman–Crippen MR) is 73.5 cm³/mol. The van der Waals surface area contributed by atoms with Gasteiger partial charge in [0, 0.05) is 25.8 Å². The number of benzene rings is 1.